The summed E-state index contributed by atoms with van der Waals surface area (Å²) in [5.74, 6) is 5.54. The number of nitrogens with zero attached hydrogens (tertiary/aromatic N) is 2. The van der Waals surface area contributed by atoms with Crippen molar-refractivity contribution < 1.29 is 13.2 Å². The standard InChI is InChI=1S/C14H15F3N4/c1-8-6-12(9(2)21-20-8)13(19-18)10-4-3-5-11(7-10)14(15,16)17/h3-7,13,19H,18H2,1-2H3. The number of nitrogens with one attached hydrogen (secondary N) is 1. The van der Waals surface area contributed by atoms with Crippen molar-refractivity contribution in [1.82, 2.24) is 15.6 Å². The molecule has 21 heavy (non-hydrogen) atoms. The van der Waals surface area contributed by atoms with Crippen molar-refractivity contribution in [2.24, 2.45) is 5.84 Å². The summed E-state index contributed by atoms with van der Waals surface area (Å²) in [7, 11) is 0. The Labute approximate surface area is 120 Å². The summed E-state index contributed by atoms with van der Waals surface area (Å²) < 4.78 is 38.4. The molecular formula is C14H15F3N4. The predicted molar refractivity (Wildman–Crippen MR) is 72.1 cm³/mol. The van der Waals surface area contributed by atoms with Gasteiger partial charge in [-0.2, -0.15) is 23.4 Å². The molecule has 1 heterocycles. The first kappa shape index (κ1) is 15.4. The van der Waals surface area contributed by atoms with Gasteiger partial charge in [0.05, 0.1) is 23.0 Å². The fourth-order valence-electron chi connectivity index (χ4n) is 2.12. The van der Waals surface area contributed by atoms with E-state index in [9.17, 15) is 13.2 Å². The number of hydrazine groups is 1. The first-order valence-electron chi connectivity index (χ1n) is 6.27. The fourth-order valence-corrected chi connectivity index (χ4v) is 2.12. The molecule has 0 aliphatic heterocycles. The maximum atomic E-state index is 12.8. The highest BCUT2D eigenvalue weighted by Gasteiger charge is 2.31. The number of alkyl halides is 3. The molecule has 3 N–H and O–H groups in total. The van der Waals surface area contributed by atoms with Gasteiger partial charge in [-0.25, -0.2) is 5.43 Å². The smallest absolute Gasteiger partial charge is 0.271 e. The van der Waals surface area contributed by atoms with Crippen molar-refractivity contribution in [2.45, 2.75) is 26.1 Å². The summed E-state index contributed by atoms with van der Waals surface area (Å²) in [6.07, 6.45) is -4.39. The lowest BCUT2D eigenvalue weighted by Crippen LogP contribution is -2.30. The van der Waals surface area contributed by atoms with Gasteiger partial charge in [-0.05, 0) is 43.2 Å². The van der Waals surface area contributed by atoms with E-state index in [4.69, 9.17) is 5.84 Å². The molecule has 0 bridgehead atoms. The Balaban J connectivity index is 2.49. The van der Waals surface area contributed by atoms with E-state index in [0.29, 0.717) is 22.5 Å². The van der Waals surface area contributed by atoms with Crippen molar-refractivity contribution >= 4 is 0 Å². The molecule has 0 fully saturated rings. The highest BCUT2D eigenvalue weighted by Crippen LogP contribution is 2.32. The van der Waals surface area contributed by atoms with E-state index < -0.39 is 17.8 Å². The van der Waals surface area contributed by atoms with Gasteiger partial charge < -0.3 is 0 Å². The van der Waals surface area contributed by atoms with E-state index in [-0.39, 0.29) is 0 Å². The van der Waals surface area contributed by atoms with Crippen LogP contribution in [0.25, 0.3) is 0 Å². The largest absolute Gasteiger partial charge is 0.416 e. The van der Waals surface area contributed by atoms with Crippen LogP contribution in [-0.2, 0) is 6.18 Å². The van der Waals surface area contributed by atoms with Gasteiger partial charge in [0, 0.05) is 0 Å². The molecule has 1 atom stereocenters. The molecule has 0 aliphatic carbocycles. The Hall–Kier alpha value is -1.99. The number of hydrogen-bond acceptors (Lipinski definition) is 4. The number of aryl methyl sites for hydroxylation is 2. The van der Waals surface area contributed by atoms with Gasteiger partial charge >= 0.3 is 6.18 Å². The molecule has 0 spiro atoms. The highest BCUT2D eigenvalue weighted by molar-refractivity contribution is 5.36. The van der Waals surface area contributed by atoms with Crippen LogP contribution in [0.1, 0.15) is 34.1 Å². The van der Waals surface area contributed by atoms with Gasteiger partial charge in [0.1, 0.15) is 0 Å². The molecule has 2 rings (SSSR count). The molecule has 0 amide bonds. The number of nitrogens with two attached hydrogens (primary N) is 1. The SMILES string of the molecule is Cc1cc(C(NN)c2cccc(C(F)(F)F)c2)c(C)nn1. The van der Waals surface area contributed by atoms with Crippen molar-refractivity contribution in [2.75, 3.05) is 0 Å². The van der Waals surface area contributed by atoms with Crippen molar-refractivity contribution in [3.63, 3.8) is 0 Å². The maximum Gasteiger partial charge on any atom is 0.416 e. The number of rotatable bonds is 3. The molecule has 0 saturated heterocycles. The van der Waals surface area contributed by atoms with E-state index in [1.807, 2.05) is 0 Å². The van der Waals surface area contributed by atoms with E-state index in [2.05, 4.69) is 15.6 Å². The van der Waals surface area contributed by atoms with Gasteiger partial charge in [0.2, 0.25) is 0 Å². The van der Waals surface area contributed by atoms with Crippen LogP contribution in [0.3, 0.4) is 0 Å². The lowest BCUT2D eigenvalue weighted by atomic mass is 9.96. The lowest BCUT2D eigenvalue weighted by Gasteiger charge is -2.19. The van der Waals surface area contributed by atoms with Crippen LogP contribution in [0.5, 0.6) is 0 Å². The van der Waals surface area contributed by atoms with Crippen LogP contribution >= 0.6 is 0 Å². The van der Waals surface area contributed by atoms with E-state index in [1.54, 1.807) is 26.0 Å². The predicted octanol–water partition coefficient (Wildman–Crippen LogP) is 2.66. The molecule has 1 aromatic carbocycles. The molecule has 4 nitrogen and oxygen atoms in total. The third-order valence-corrected chi connectivity index (χ3v) is 3.16. The van der Waals surface area contributed by atoms with Crippen LogP contribution in [0, 0.1) is 13.8 Å². The van der Waals surface area contributed by atoms with Crippen molar-refractivity contribution in [3.05, 3.63) is 58.4 Å². The summed E-state index contributed by atoms with van der Waals surface area (Å²) in [6, 6.07) is 6.24. The third kappa shape index (κ3) is 3.37. The van der Waals surface area contributed by atoms with Crippen LogP contribution in [0.4, 0.5) is 13.2 Å². The summed E-state index contributed by atoms with van der Waals surface area (Å²) >= 11 is 0. The Bertz CT molecular complexity index is 640. The topological polar surface area (TPSA) is 63.8 Å². The molecule has 0 radical (unpaired) electrons. The minimum atomic E-state index is -4.39. The Morgan fingerprint density at radius 1 is 1.14 bits per heavy atom. The Morgan fingerprint density at radius 2 is 1.86 bits per heavy atom. The second kappa shape index (κ2) is 5.79. The molecule has 1 aromatic heterocycles. The van der Waals surface area contributed by atoms with Crippen LogP contribution in [-0.4, -0.2) is 10.2 Å². The van der Waals surface area contributed by atoms with E-state index in [1.165, 1.54) is 6.07 Å². The Morgan fingerprint density at radius 3 is 2.48 bits per heavy atom. The minimum Gasteiger partial charge on any atom is -0.271 e. The van der Waals surface area contributed by atoms with Crippen LogP contribution < -0.4 is 11.3 Å². The summed E-state index contributed by atoms with van der Waals surface area (Å²) in [5.41, 5.74) is 4.23. The molecule has 0 aliphatic rings. The van der Waals surface area contributed by atoms with E-state index in [0.717, 1.165) is 12.1 Å². The Kier molecular flexibility index (Phi) is 4.24. The summed E-state index contributed by atoms with van der Waals surface area (Å²) in [4.78, 5) is 0. The lowest BCUT2D eigenvalue weighted by molar-refractivity contribution is -0.137. The monoisotopic (exact) mass is 296 g/mol. The second-order valence-corrected chi connectivity index (χ2v) is 4.75. The molecular weight excluding hydrogens is 281 g/mol. The average molecular weight is 296 g/mol. The molecule has 2 aromatic rings. The number of halogens is 3. The quantitative estimate of drug-likeness (QED) is 0.675. The van der Waals surface area contributed by atoms with Gasteiger partial charge in [-0.3, -0.25) is 5.84 Å². The molecule has 1 unspecified atom stereocenters. The second-order valence-electron chi connectivity index (χ2n) is 4.75. The van der Waals surface area contributed by atoms with Gasteiger partial charge in [-0.1, -0.05) is 12.1 Å². The molecule has 0 saturated carbocycles. The van der Waals surface area contributed by atoms with E-state index >= 15 is 0 Å². The van der Waals surface area contributed by atoms with Crippen molar-refractivity contribution in [1.29, 1.82) is 0 Å². The zero-order chi connectivity index (χ0) is 15.6. The normalized spacial score (nSPS) is 13.2. The molecule has 7 heteroatoms. The third-order valence-electron chi connectivity index (χ3n) is 3.16. The summed E-state index contributed by atoms with van der Waals surface area (Å²) in [5, 5.41) is 7.88. The van der Waals surface area contributed by atoms with Crippen molar-refractivity contribution in [3.8, 4) is 0 Å². The zero-order valence-corrected chi connectivity index (χ0v) is 11.6. The van der Waals surface area contributed by atoms with Crippen LogP contribution in [0.2, 0.25) is 0 Å². The average Bonchev–Trinajstić information content (AvgIpc) is 2.43. The summed E-state index contributed by atoms with van der Waals surface area (Å²) in [6.45, 7) is 3.50. The van der Waals surface area contributed by atoms with Gasteiger partial charge in [0.25, 0.3) is 0 Å². The van der Waals surface area contributed by atoms with Gasteiger partial charge in [0.15, 0.2) is 0 Å². The number of aromatic nitrogens is 2. The van der Waals surface area contributed by atoms with Gasteiger partial charge in [-0.15, -0.1) is 0 Å². The fraction of sp³-hybridized carbons (Fsp3) is 0.286. The zero-order valence-electron chi connectivity index (χ0n) is 11.6. The maximum absolute atomic E-state index is 12.8. The number of benzene rings is 1. The highest BCUT2D eigenvalue weighted by atomic mass is 19.4. The molecule has 112 valence electrons. The minimum absolute atomic E-state index is 0.419. The number of hydrogen-bond donors (Lipinski definition) is 2. The first-order valence-corrected chi connectivity index (χ1v) is 6.27. The van der Waals surface area contributed by atoms with Crippen LogP contribution in [0.15, 0.2) is 30.3 Å². The first-order chi connectivity index (χ1) is 9.82.